The van der Waals surface area contributed by atoms with Gasteiger partial charge in [-0.1, -0.05) is 12.1 Å². The van der Waals surface area contributed by atoms with E-state index < -0.39 is 35.4 Å². The van der Waals surface area contributed by atoms with Gasteiger partial charge in [0.25, 0.3) is 11.5 Å². The van der Waals surface area contributed by atoms with Crippen LogP contribution in [0.5, 0.6) is 0 Å². The van der Waals surface area contributed by atoms with E-state index >= 15 is 0 Å². The Morgan fingerprint density at radius 2 is 1.88 bits per heavy atom. The van der Waals surface area contributed by atoms with Gasteiger partial charge in [0.2, 0.25) is 5.91 Å². The number of nitrogens with one attached hydrogen (secondary N) is 2. The van der Waals surface area contributed by atoms with Crippen molar-refractivity contribution in [1.82, 2.24) is 9.55 Å². The lowest BCUT2D eigenvalue weighted by molar-refractivity contribution is -0.116. The normalized spacial score (nSPS) is 10.7. The molecule has 9 heteroatoms. The molecule has 0 spiro atoms. The number of amides is 2. The number of nitrogens with two attached hydrogens (primary N) is 1. The lowest BCUT2D eigenvalue weighted by atomic mass is 10.1. The van der Waals surface area contributed by atoms with E-state index in [1.165, 1.54) is 12.1 Å². The third-order valence-electron chi connectivity index (χ3n) is 3.71. The predicted octanol–water partition coefficient (Wildman–Crippen LogP) is 0.566. The number of anilines is 1. The molecule has 1 aromatic heterocycles. The van der Waals surface area contributed by atoms with Crippen molar-refractivity contribution in [3.05, 3.63) is 74.7 Å². The highest BCUT2D eigenvalue weighted by Gasteiger charge is 2.15. The van der Waals surface area contributed by atoms with Crippen molar-refractivity contribution >= 4 is 28.4 Å². The number of H-pyrrole nitrogens is 1. The molecule has 3 rings (SSSR count). The van der Waals surface area contributed by atoms with Gasteiger partial charge in [-0.05, 0) is 30.3 Å². The van der Waals surface area contributed by atoms with Gasteiger partial charge in [-0.2, -0.15) is 0 Å². The highest BCUT2D eigenvalue weighted by molar-refractivity contribution is 6.03. The predicted molar refractivity (Wildman–Crippen MR) is 92.4 cm³/mol. The maximum absolute atomic E-state index is 13.2. The van der Waals surface area contributed by atoms with Gasteiger partial charge in [0.15, 0.2) is 0 Å². The van der Waals surface area contributed by atoms with Gasteiger partial charge in [0.05, 0.1) is 22.2 Å². The molecule has 0 saturated carbocycles. The molecule has 0 saturated heterocycles. The van der Waals surface area contributed by atoms with E-state index in [1.54, 1.807) is 18.2 Å². The monoisotopic (exact) mass is 356 g/mol. The number of halogens is 1. The minimum absolute atomic E-state index is 0.0193. The van der Waals surface area contributed by atoms with Crippen molar-refractivity contribution in [2.24, 2.45) is 5.73 Å². The number of benzene rings is 2. The van der Waals surface area contributed by atoms with E-state index in [2.05, 4.69) is 10.3 Å². The summed E-state index contributed by atoms with van der Waals surface area (Å²) in [5.41, 5.74) is 3.88. The summed E-state index contributed by atoms with van der Waals surface area (Å²) in [5, 5.41) is 2.60. The zero-order valence-corrected chi connectivity index (χ0v) is 13.3. The van der Waals surface area contributed by atoms with Crippen molar-refractivity contribution in [3.63, 3.8) is 0 Å². The number of primary amides is 1. The maximum atomic E-state index is 13.2. The number of carbonyl (C=O) groups is 2. The highest BCUT2D eigenvalue weighted by Crippen LogP contribution is 2.16. The van der Waals surface area contributed by atoms with E-state index in [9.17, 15) is 23.6 Å². The number of rotatable bonds is 4. The average molecular weight is 356 g/mol. The lowest BCUT2D eigenvalue weighted by Crippen LogP contribution is -2.38. The second-order valence-electron chi connectivity index (χ2n) is 5.47. The molecule has 0 unspecified atom stereocenters. The van der Waals surface area contributed by atoms with Crippen LogP contribution in [0.4, 0.5) is 10.1 Å². The van der Waals surface area contributed by atoms with Crippen LogP contribution in [-0.2, 0) is 11.3 Å². The Labute approximate surface area is 145 Å². The molecule has 8 nitrogen and oxygen atoms in total. The van der Waals surface area contributed by atoms with Crippen LogP contribution in [0.25, 0.3) is 10.9 Å². The van der Waals surface area contributed by atoms with Crippen molar-refractivity contribution in [1.29, 1.82) is 0 Å². The van der Waals surface area contributed by atoms with Crippen LogP contribution >= 0.6 is 0 Å². The Morgan fingerprint density at radius 3 is 2.62 bits per heavy atom. The topological polar surface area (TPSA) is 127 Å². The van der Waals surface area contributed by atoms with Gasteiger partial charge in [-0.3, -0.25) is 19.0 Å². The number of hydrogen-bond donors (Lipinski definition) is 3. The van der Waals surface area contributed by atoms with Crippen LogP contribution in [-0.4, -0.2) is 21.4 Å². The first-order valence-corrected chi connectivity index (χ1v) is 7.48. The molecule has 132 valence electrons. The molecule has 0 atom stereocenters. The molecule has 3 aromatic rings. The summed E-state index contributed by atoms with van der Waals surface area (Å²) in [5.74, 6) is -2.37. The minimum atomic E-state index is -0.930. The number of fused-ring (bicyclic) bond motifs is 1. The van der Waals surface area contributed by atoms with Crippen LogP contribution in [0.15, 0.2) is 52.1 Å². The first-order valence-electron chi connectivity index (χ1n) is 7.48. The Kier molecular flexibility index (Phi) is 4.36. The molecular weight excluding hydrogens is 343 g/mol. The van der Waals surface area contributed by atoms with Gasteiger partial charge >= 0.3 is 5.69 Å². The summed E-state index contributed by atoms with van der Waals surface area (Å²) < 4.78 is 14.0. The molecule has 0 aliphatic carbocycles. The number of para-hydroxylation sites is 1. The Bertz CT molecular complexity index is 1150. The fraction of sp³-hybridized carbons (Fsp3) is 0.0588. The molecule has 0 aliphatic rings. The molecule has 0 fully saturated rings. The quantitative estimate of drug-likeness (QED) is 0.631. The zero-order valence-electron chi connectivity index (χ0n) is 13.3. The molecule has 1 heterocycles. The van der Waals surface area contributed by atoms with Gasteiger partial charge < -0.3 is 16.0 Å². The number of aromatic amines is 1. The molecule has 0 bridgehead atoms. The van der Waals surface area contributed by atoms with Crippen LogP contribution in [0.2, 0.25) is 0 Å². The summed E-state index contributed by atoms with van der Waals surface area (Å²) in [4.78, 5) is 50.5. The van der Waals surface area contributed by atoms with Crippen molar-refractivity contribution in [3.8, 4) is 0 Å². The van der Waals surface area contributed by atoms with Crippen molar-refractivity contribution in [2.45, 2.75) is 6.54 Å². The summed E-state index contributed by atoms with van der Waals surface area (Å²) in [6.07, 6.45) is 0. The lowest BCUT2D eigenvalue weighted by Gasteiger charge is -2.10. The average Bonchev–Trinajstić information content (AvgIpc) is 2.60. The molecule has 26 heavy (non-hydrogen) atoms. The largest absolute Gasteiger partial charge is 0.366 e. The SMILES string of the molecule is NC(=O)c1cc(F)ccc1NC(=O)Cn1c(=O)[nH]c2ccccc2c1=O. The third kappa shape index (κ3) is 3.22. The van der Waals surface area contributed by atoms with E-state index in [-0.39, 0.29) is 16.6 Å². The number of carbonyl (C=O) groups excluding carboxylic acids is 2. The minimum Gasteiger partial charge on any atom is -0.366 e. The van der Waals surface area contributed by atoms with E-state index in [4.69, 9.17) is 5.73 Å². The van der Waals surface area contributed by atoms with E-state index in [0.29, 0.717) is 5.52 Å². The Hall–Kier alpha value is -3.75. The molecule has 0 aliphatic heterocycles. The van der Waals surface area contributed by atoms with Crippen molar-refractivity contribution in [2.75, 3.05) is 5.32 Å². The van der Waals surface area contributed by atoms with E-state index in [1.807, 2.05) is 0 Å². The molecular formula is C17H13FN4O4. The second-order valence-corrected chi connectivity index (χ2v) is 5.47. The number of aromatic nitrogens is 2. The smallest absolute Gasteiger partial charge is 0.329 e. The summed E-state index contributed by atoms with van der Waals surface area (Å²) in [6, 6.07) is 9.47. The number of nitrogens with zero attached hydrogens (tertiary/aromatic N) is 1. The standard InChI is InChI=1S/C17H13FN4O4/c18-9-5-6-13(11(7-9)15(19)24)20-14(23)8-22-16(25)10-3-1-2-4-12(10)21-17(22)26/h1-7H,8H2,(H2,19,24)(H,20,23)(H,21,26). The first kappa shape index (κ1) is 17.1. The second kappa shape index (κ2) is 6.63. The van der Waals surface area contributed by atoms with Crippen LogP contribution in [0, 0.1) is 5.82 Å². The molecule has 2 amide bonds. The van der Waals surface area contributed by atoms with Crippen molar-refractivity contribution < 1.29 is 14.0 Å². The fourth-order valence-electron chi connectivity index (χ4n) is 2.51. The van der Waals surface area contributed by atoms with Crippen LogP contribution in [0.3, 0.4) is 0 Å². The number of hydrogen-bond acceptors (Lipinski definition) is 4. The van der Waals surface area contributed by atoms with Crippen LogP contribution in [0.1, 0.15) is 10.4 Å². The Morgan fingerprint density at radius 1 is 1.15 bits per heavy atom. The zero-order chi connectivity index (χ0) is 18.8. The first-order chi connectivity index (χ1) is 12.4. The van der Waals surface area contributed by atoms with Gasteiger partial charge in [-0.25, -0.2) is 9.18 Å². The maximum Gasteiger partial charge on any atom is 0.329 e. The fourth-order valence-corrected chi connectivity index (χ4v) is 2.51. The van der Waals surface area contributed by atoms with Crippen LogP contribution < -0.4 is 22.3 Å². The third-order valence-corrected chi connectivity index (χ3v) is 3.71. The van der Waals surface area contributed by atoms with E-state index in [0.717, 1.165) is 16.7 Å². The summed E-state index contributed by atoms with van der Waals surface area (Å²) in [7, 11) is 0. The Balaban J connectivity index is 1.93. The molecule has 0 radical (unpaired) electrons. The highest BCUT2D eigenvalue weighted by atomic mass is 19.1. The van der Waals surface area contributed by atoms with Gasteiger partial charge in [-0.15, -0.1) is 0 Å². The molecule has 4 N–H and O–H groups in total. The summed E-state index contributed by atoms with van der Waals surface area (Å²) >= 11 is 0. The summed E-state index contributed by atoms with van der Waals surface area (Å²) in [6.45, 7) is -0.589. The van der Waals surface area contributed by atoms with Gasteiger partial charge in [0, 0.05) is 0 Å². The van der Waals surface area contributed by atoms with Gasteiger partial charge in [0.1, 0.15) is 12.4 Å². The molecule has 2 aromatic carbocycles.